The first-order valence-corrected chi connectivity index (χ1v) is 7.73. The van der Waals surface area contributed by atoms with Gasteiger partial charge in [0.1, 0.15) is 17.2 Å². The van der Waals surface area contributed by atoms with Gasteiger partial charge in [-0.25, -0.2) is 9.37 Å². The quantitative estimate of drug-likeness (QED) is 0.481. The molecule has 128 valence electrons. The van der Waals surface area contributed by atoms with E-state index in [-0.39, 0.29) is 22.9 Å². The van der Waals surface area contributed by atoms with Crippen molar-refractivity contribution in [2.45, 2.75) is 6.18 Å². The van der Waals surface area contributed by atoms with Crippen LogP contribution in [0.25, 0.3) is 22.5 Å². The van der Waals surface area contributed by atoms with Crippen molar-refractivity contribution in [1.29, 1.82) is 0 Å². The summed E-state index contributed by atoms with van der Waals surface area (Å²) in [5, 5.41) is 7.68. The Labute approximate surface area is 148 Å². The van der Waals surface area contributed by atoms with Crippen LogP contribution in [0, 0.1) is 5.82 Å². The fraction of sp³-hybridized carbons (Fsp3) is 0.0625. The average Bonchev–Trinajstić information content (AvgIpc) is 2.60. The van der Waals surface area contributed by atoms with Crippen molar-refractivity contribution in [1.82, 2.24) is 15.2 Å². The van der Waals surface area contributed by atoms with Gasteiger partial charge in [-0.15, -0.1) is 10.2 Å². The highest BCUT2D eigenvalue weighted by Crippen LogP contribution is 2.35. The molecule has 2 aromatic carbocycles. The summed E-state index contributed by atoms with van der Waals surface area (Å²) in [7, 11) is 0. The Morgan fingerprint density at radius 3 is 2.24 bits per heavy atom. The van der Waals surface area contributed by atoms with Gasteiger partial charge in [0.05, 0.1) is 5.56 Å². The van der Waals surface area contributed by atoms with E-state index in [4.69, 9.17) is 0 Å². The van der Waals surface area contributed by atoms with Gasteiger partial charge in [0.2, 0.25) is 0 Å². The molecule has 0 saturated carbocycles. The van der Waals surface area contributed by atoms with Crippen LogP contribution in [0.4, 0.5) is 23.5 Å². The fourth-order valence-corrected chi connectivity index (χ4v) is 2.42. The Kier molecular flexibility index (Phi) is 4.67. The van der Waals surface area contributed by atoms with Gasteiger partial charge in [-0.2, -0.15) is 13.2 Å². The first-order valence-electron chi connectivity index (χ1n) is 6.93. The molecule has 9 heteroatoms. The van der Waals surface area contributed by atoms with Gasteiger partial charge in [0, 0.05) is 27.3 Å². The summed E-state index contributed by atoms with van der Waals surface area (Å²) in [6, 6.07) is 10.9. The minimum atomic E-state index is -4.68. The Balaban J connectivity index is 2.23. The summed E-state index contributed by atoms with van der Waals surface area (Å²) in [6.45, 7) is 0. The van der Waals surface area contributed by atoms with E-state index in [1.165, 1.54) is 0 Å². The van der Waals surface area contributed by atoms with Crippen LogP contribution in [0.2, 0.25) is 0 Å². The number of benzene rings is 2. The van der Waals surface area contributed by atoms with Crippen LogP contribution < -0.4 is 4.34 Å². The second-order valence-electron chi connectivity index (χ2n) is 5.02. The molecule has 0 aliphatic rings. The summed E-state index contributed by atoms with van der Waals surface area (Å²) in [5.74, 6) is -0.900. The number of aromatic nitrogens is 3. The van der Waals surface area contributed by atoms with Gasteiger partial charge < -0.3 is 0 Å². The molecule has 0 amide bonds. The van der Waals surface area contributed by atoms with E-state index in [1.807, 2.05) is 0 Å². The number of rotatable bonds is 3. The standard InChI is InChI=1S/C16H9BrF4N4/c17-23-15-22-13(9-4-2-1-3-5-9)14(24-25-15)10-6-11(16(19,20)21)8-12(18)7-10/h1-8H,(H,22,23,25). The number of alkyl halides is 3. The summed E-state index contributed by atoms with van der Waals surface area (Å²) < 4.78 is 55.2. The number of hydrogen-bond acceptors (Lipinski definition) is 4. The Bertz CT molecular complexity index is 900. The van der Waals surface area contributed by atoms with Crippen molar-refractivity contribution in [2.75, 3.05) is 4.34 Å². The van der Waals surface area contributed by atoms with Gasteiger partial charge in [-0.05, 0) is 18.2 Å². The molecular weight excluding hydrogens is 404 g/mol. The maximum atomic E-state index is 13.7. The van der Waals surface area contributed by atoms with Crippen LogP contribution in [0.1, 0.15) is 5.56 Å². The highest BCUT2D eigenvalue weighted by Gasteiger charge is 2.32. The smallest absolute Gasteiger partial charge is 0.289 e. The molecule has 0 spiro atoms. The number of hydrogen-bond donors (Lipinski definition) is 1. The monoisotopic (exact) mass is 412 g/mol. The maximum Gasteiger partial charge on any atom is 0.416 e. The van der Waals surface area contributed by atoms with Crippen LogP contribution in [-0.2, 0) is 6.18 Å². The molecule has 0 saturated heterocycles. The molecular formula is C16H9BrF4N4. The summed E-state index contributed by atoms with van der Waals surface area (Å²) in [6.07, 6.45) is -4.68. The normalized spacial score (nSPS) is 11.4. The third-order valence-electron chi connectivity index (χ3n) is 3.32. The molecule has 0 radical (unpaired) electrons. The molecule has 1 heterocycles. The Morgan fingerprint density at radius 2 is 1.60 bits per heavy atom. The van der Waals surface area contributed by atoms with E-state index >= 15 is 0 Å². The lowest BCUT2D eigenvalue weighted by atomic mass is 10.0. The van der Waals surface area contributed by atoms with Crippen LogP contribution in [-0.4, -0.2) is 15.2 Å². The molecule has 1 N–H and O–H groups in total. The molecule has 0 aliphatic carbocycles. The highest BCUT2D eigenvalue weighted by atomic mass is 79.9. The van der Waals surface area contributed by atoms with E-state index in [0.29, 0.717) is 11.6 Å². The summed E-state index contributed by atoms with van der Waals surface area (Å²) in [4.78, 5) is 4.22. The van der Waals surface area contributed by atoms with E-state index in [1.54, 1.807) is 30.3 Å². The van der Waals surface area contributed by atoms with Crippen LogP contribution in [0.3, 0.4) is 0 Å². The van der Waals surface area contributed by atoms with E-state index < -0.39 is 17.6 Å². The van der Waals surface area contributed by atoms with Crippen molar-refractivity contribution in [3.63, 3.8) is 0 Å². The number of anilines is 1. The zero-order chi connectivity index (χ0) is 18.0. The molecule has 25 heavy (non-hydrogen) atoms. The van der Waals surface area contributed by atoms with Crippen molar-refractivity contribution < 1.29 is 17.6 Å². The van der Waals surface area contributed by atoms with Gasteiger partial charge in [0.25, 0.3) is 5.95 Å². The van der Waals surface area contributed by atoms with Crippen LogP contribution >= 0.6 is 16.1 Å². The zero-order valence-electron chi connectivity index (χ0n) is 12.4. The van der Waals surface area contributed by atoms with Gasteiger partial charge in [0.15, 0.2) is 0 Å². The van der Waals surface area contributed by atoms with Gasteiger partial charge >= 0.3 is 6.18 Å². The van der Waals surface area contributed by atoms with Gasteiger partial charge in [-0.3, -0.25) is 4.34 Å². The molecule has 3 rings (SSSR count). The molecule has 0 unspecified atom stereocenters. The minimum absolute atomic E-state index is 0.0442. The fourth-order valence-electron chi connectivity index (χ4n) is 2.25. The molecule has 0 bridgehead atoms. The predicted octanol–water partition coefficient (Wildman–Crippen LogP) is 5.09. The number of nitrogens with one attached hydrogen (secondary N) is 1. The van der Waals surface area contributed by atoms with E-state index in [0.717, 1.165) is 12.1 Å². The van der Waals surface area contributed by atoms with Crippen molar-refractivity contribution in [2.24, 2.45) is 0 Å². The van der Waals surface area contributed by atoms with Crippen molar-refractivity contribution >= 4 is 22.1 Å². The van der Waals surface area contributed by atoms with Crippen molar-refractivity contribution in [3.8, 4) is 22.5 Å². The highest BCUT2D eigenvalue weighted by molar-refractivity contribution is 9.10. The third kappa shape index (κ3) is 3.76. The Morgan fingerprint density at radius 1 is 0.880 bits per heavy atom. The maximum absolute atomic E-state index is 13.7. The second-order valence-corrected chi connectivity index (χ2v) is 5.42. The topological polar surface area (TPSA) is 50.7 Å². The molecule has 0 fully saturated rings. The van der Waals surface area contributed by atoms with Crippen molar-refractivity contribution in [3.05, 3.63) is 59.9 Å². The second kappa shape index (κ2) is 6.75. The van der Waals surface area contributed by atoms with E-state index in [9.17, 15) is 17.6 Å². The predicted molar refractivity (Wildman–Crippen MR) is 88.2 cm³/mol. The zero-order valence-corrected chi connectivity index (χ0v) is 13.9. The molecule has 0 atom stereocenters. The average molecular weight is 413 g/mol. The SMILES string of the molecule is Fc1cc(-c2nnc(NBr)nc2-c2ccccc2)cc(C(F)(F)F)c1. The first-order chi connectivity index (χ1) is 11.9. The molecule has 3 aromatic rings. The lowest BCUT2D eigenvalue weighted by Crippen LogP contribution is -2.07. The molecule has 4 nitrogen and oxygen atoms in total. The lowest BCUT2D eigenvalue weighted by Gasteiger charge is -2.12. The summed E-state index contributed by atoms with van der Waals surface area (Å²) in [5.41, 5.74) is -0.244. The lowest BCUT2D eigenvalue weighted by molar-refractivity contribution is -0.137. The third-order valence-corrected chi connectivity index (χ3v) is 3.67. The summed E-state index contributed by atoms with van der Waals surface area (Å²) >= 11 is 2.97. The first kappa shape index (κ1) is 17.3. The van der Waals surface area contributed by atoms with Crippen LogP contribution in [0.15, 0.2) is 48.5 Å². The number of halogens is 5. The molecule has 0 aliphatic heterocycles. The van der Waals surface area contributed by atoms with Gasteiger partial charge in [-0.1, -0.05) is 30.3 Å². The largest absolute Gasteiger partial charge is 0.416 e. The van der Waals surface area contributed by atoms with E-state index in [2.05, 4.69) is 35.7 Å². The minimum Gasteiger partial charge on any atom is -0.289 e. The number of nitrogens with zero attached hydrogens (tertiary/aromatic N) is 3. The molecule has 1 aromatic heterocycles. The Hall–Kier alpha value is -2.55. The van der Waals surface area contributed by atoms with Crippen LogP contribution in [0.5, 0.6) is 0 Å².